The summed E-state index contributed by atoms with van der Waals surface area (Å²) in [6.45, 7) is 2.29. The zero-order chi connectivity index (χ0) is 17.9. The lowest BCUT2D eigenvalue weighted by molar-refractivity contribution is -0.131. The van der Waals surface area contributed by atoms with Crippen LogP contribution >= 0.6 is 0 Å². The standard InChI is InChI=1S/C19H19FN2O3/c1-19(14-6-3-2-4-7-14)17(23)22(18(24)21-19)12-5-13-25-16-10-8-15(20)9-11-16/h2-4,6-11H,5,12-13H2,1H3,(H,21,24). The van der Waals surface area contributed by atoms with E-state index in [4.69, 9.17) is 4.74 Å². The zero-order valence-corrected chi connectivity index (χ0v) is 13.9. The summed E-state index contributed by atoms with van der Waals surface area (Å²) in [5, 5.41) is 2.77. The Labute approximate surface area is 145 Å². The van der Waals surface area contributed by atoms with Crippen LogP contribution in [0.15, 0.2) is 54.6 Å². The van der Waals surface area contributed by atoms with Gasteiger partial charge in [-0.3, -0.25) is 9.69 Å². The molecule has 2 aromatic rings. The third-order valence-corrected chi connectivity index (χ3v) is 4.23. The zero-order valence-electron chi connectivity index (χ0n) is 13.9. The molecule has 1 unspecified atom stereocenters. The molecule has 1 fully saturated rings. The topological polar surface area (TPSA) is 58.6 Å². The van der Waals surface area contributed by atoms with Crippen molar-refractivity contribution < 1.29 is 18.7 Å². The summed E-state index contributed by atoms with van der Waals surface area (Å²) in [7, 11) is 0. The van der Waals surface area contributed by atoms with Crippen molar-refractivity contribution in [3.63, 3.8) is 0 Å². The molecule has 0 aliphatic carbocycles. The number of carbonyl (C=O) groups excluding carboxylic acids is 2. The third kappa shape index (κ3) is 3.47. The lowest BCUT2D eigenvalue weighted by Gasteiger charge is -2.22. The molecule has 1 heterocycles. The average Bonchev–Trinajstić information content (AvgIpc) is 2.84. The molecule has 0 aromatic heterocycles. The number of halogens is 1. The van der Waals surface area contributed by atoms with Crippen LogP contribution < -0.4 is 10.1 Å². The average molecular weight is 342 g/mol. The van der Waals surface area contributed by atoms with Gasteiger partial charge in [-0.05, 0) is 43.2 Å². The Kier molecular flexibility index (Phi) is 4.70. The SMILES string of the molecule is CC1(c2ccccc2)NC(=O)N(CCCOc2ccc(F)cc2)C1=O. The van der Waals surface area contributed by atoms with Crippen LogP contribution in [0.4, 0.5) is 9.18 Å². The number of imide groups is 1. The van der Waals surface area contributed by atoms with Gasteiger partial charge < -0.3 is 10.1 Å². The molecule has 1 atom stereocenters. The van der Waals surface area contributed by atoms with E-state index in [9.17, 15) is 14.0 Å². The van der Waals surface area contributed by atoms with Crippen molar-refractivity contribution in [1.82, 2.24) is 10.2 Å². The largest absolute Gasteiger partial charge is 0.494 e. The molecule has 1 saturated heterocycles. The number of hydrogen-bond donors (Lipinski definition) is 1. The van der Waals surface area contributed by atoms with Gasteiger partial charge >= 0.3 is 6.03 Å². The van der Waals surface area contributed by atoms with Crippen LogP contribution in [0, 0.1) is 5.82 Å². The first-order chi connectivity index (χ1) is 12.0. The van der Waals surface area contributed by atoms with Gasteiger partial charge in [0, 0.05) is 6.54 Å². The van der Waals surface area contributed by atoms with Crippen LogP contribution in [-0.2, 0) is 10.3 Å². The van der Waals surface area contributed by atoms with E-state index in [2.05, 4.69) is 5.32 Å². The van der Waals surface area contributed by atoms with Crippen molar-refractivity contribution in [2.75, 3.05) is 13.2 Å². The number of nitrogens with one attached hydrogen (secondary N) is 1. The molecule has 0 saturated carbocycles. The molecule has 0 spiro atoms. The molecule has 130 valence electrons. The van der Waals surface area contributed by atoms with Gasteiger partial charge in [0.1, 0.15) is 17.1 Å². The van der Waals surface area contributed by atoms with E-state index >= 15 is 0 Å². The maximum atomic E-state index is 12.8. The van der Waals surface area contributed by atoms with Gasteiger partial charge in [-0.25, -0.2) is 9.18 Å². The Balaban J connectivity index is 1.57. The molecule has 3 rings (SSSR count). The smallest absolute Gasteiger partial charge is 0.325 e. The first-order valence-electron chi connectivity index (χ1n) is 8.09. The highest BCUT2D eigenvalue weighted by Crippen LogP contribution is 2.28. The normalized spacial score (nSPS) is 19.8. The highest BCUT2D eigenvalue weighted by molar-refractivity contribution is 6.07. The summed E-state index contributed by atoms with van der Waals surface area (Å²) in [5.41, 5.74) is -0.297. The second kappa shape index (κ2) is 6.93. The fourth-order valence-corrected chi connectivity index (χ4v) is 2.81. The fraction of sp³-hybridized carbons (Fsp3) is 0.263. The number of urea groups is 1. The second-order valence-electron chi connectivity index (χ2n) is 6.03. The Morgan fingerprint density at radius 1 is 1.08 bits per heavy atom. The Morgan fingerprint density at radius 3 is 2.44 bits per heavy atom. The molecule has 2 aromatic carbocycles. The summed E-state index contributed by atoms with van der Waals surface area (Å²) in [6, 6.07) is 14.5. The lowest BCUT2D eigenvalue weighted by Crippen LogP contribution is -2.41. The van der Waals surface area contributed by atoms with Crippen molar-refractivity contribution in [1.29, 1.82) is 0 Å². The molecule has 1 aliphatic rings. The van der Waals surface area contributed by atoms with Gasteiger partial charge in [-0.1, -0.05) is 30.3 Å². The van der Waals surface area contributed by atoms with Crippen molar-refractivity contribution >= 4 is 11.9 Å². The minimum absolute atomic E-state index is 0.258. The maximum absolute atomic E-state index is 12.8. The number of carbonyl (C=O) groups is 2. The fourth-order valence-electron chi connectivity index (χ4n) is 2.81. The maximum Gasteiger partial charge on any atom is 0.325 e. The Morgan fingerprint density at radius 2 is 1.76 bits per heavy atom. The van der Waals surface area contributed by atoms with Gasteiger partial charge in [0.25, 0.3) is 5.91 Å². The van der Waals surface area contributed by atoms with Gasteiger partial charge in [0.15, 0.2) is 0 Å². The molecule has 5 nitrogen and oxygen atoms in total. The van der Waals surface area contributed by atoms with Crippen molar-refractivity contribution in [3.8, 4) is 5.75 Å². The van der Waals surface area contributed by atoms with Crippen LogP contribution in [0.25, 0.3) is 0 Å². The summed E-state index contributed by atoms with van der Waals surface area (Å²) >= 11 is 0. The van der Waals surface area contributed by atoms with Gasteiger partial charge in [-0.2, -0.15) is 0 Å². The number of nitrogens with zero attached hydrogens (tertiary/aromatic N) is 1. The van der Waals surface area contributed by atoms with Gasteiger partial charge in [0.05, 0.1) is 6.61 Å². The molecule has 25 heavy (non-hydrogen) atoms. The summed E-state index contributed by atoms with van der Waals surface area (Å²) < 4.78 is 18.3. The van der Waals surface area contributed by atoms with E-state index in [1.54, 1.807) is 6.92 Å². The Bertz CT molecular complexity index is 764. The van der Waals surface area contributed by atoms with Crippen LogP contribution in [-0.4, -0.2) is 30.0 Å². The number of ether oxygens (including phenoxy) is 1. The molecule has 1 aliphatic heterocycles. The lowest BCUT2D eigenvalue weighted by atomic mass is 9.92. The van der Waals surface area contributed by atoms with Crippen LogP contribution in [0.5, 0.6) is 5.75 Å². The van der Waals surface area contributed by atoms with E-state index in [1.165, 1.54) is 29.2 Å². The molecule has 6 heteroatoms. The molecular weight excluding hydrogens is 323 g/mol. The molecule has 0 bridgehead atoms. The minimum atomic E-state index is -1.05. The first kappa shape index (κ1) is 17.0. The van der Waals surface area contributed by atoms with E-state index in [0.29, 0.717) is 18.8 Å². The predicted molar refractivity (Wildman–Crippen MR) is 90.6 cm³/mol. The van der Waals surface area contributed by atoms with E-state index in [0.717, 1.165) is 5.56 Å². The quantitative estimate of drug-likeness (QED) is 0.648. The van der Waals surface area contributed by atoms with Gasteiger partial charge in [0.2, 0.25) is 0 Å². The summed E-state index contributed by atoms with van der Waals surface area (Å²) in [4.78, 5) is 26.1. The summed E-state index contributed by atoms with van der Waals surface area (Å²) in [6.07, 6.45) is 0.488. The predicted octanol–water partition coefficient (Wildman–Crippen LogP) is 3.06. The first-order valence-corrected chi connectivity index (χ1v) is 8.09. The highest BCUT2D eigenvalue weighted by atomic mass is 19.1. The monoisotopic (exact) mass is 342 g/mol. The number of rotatable bonds is 6. The van der Waals surface area contributed by atoms with Crippen LogP contribution in [0.3, 0.4) is 0 Å². The third-order valence-electron chi connectivity index (χ3n) is 4.23. The van der Waals surface area contributed by atoms with Gasteiger partial charge in [-0.15, -0.1) is 0 Å². The highest BCUT2D eigenvalue weighted by Gasteiger charge is 2.48. The van der Waals surface area contributed by atoms with E-state index < -0.39 is 11.6 Å². The molecular formula is C19H19FN2O3. The van der Waals surface area contributed by atoms with E-state index in [-0.39, 0.29) is 18.3 Å². The summed E-state index contributed by atoms with van der Waals surface area (Å²) in [5.74, 6) is -0.0508. The van der Waals surface area contributed by atoms with Crippen LogP contribution in [0.2, 0.25) is 0 Å². The molecule has 1 N–H and O–H groups in total. The number of benzene rings is 2. The Hall–Kier alpha value is -2.89. The number of amides is 3. The van der Waals surface area contributed by atoms with Crippen molar-refractivity contribution in [2.24, 2.45) is 0 Å². The van der Waals surface area contributed by atoms with E-state index in [1.807, 2.05) is 30.3 Å². The molecule has 3 amide bonds. The van der Waals surface area contributed by atoms with Crippen molar-refractivity contribution in [2.45, 2.75) is 18.9 Å². The molecule has 0 radical (unpaired) electrons. The number of hydrogen-bond acceptors (Lipinski definition) is 3. The minimum Gasteiger partial charge on any atom is -0.494 e. The van der Waals surface area contributed by atoms with Crippen LogP contribution in [0.1, 0.15) is 18.9 Å². The van der Waals surface area contributed by atoms with Crippen molar-refractivity contribution in [3.05, 3.63) is 66.0 Å². The second-order valence-corrected chi connectivity index (χ2v) is 6.03.